The molecule has 3 heterocycles. The fourth-order valence-corrected chi connectivity index (χ4v) is 3.10. The highest BCUT2D eigenvalue weighted by molar-refractivity contribution is 7.08. The first kappa shape index (κ1) is 11.2. The summed E-state index contributed by atoms with van der Waals surface area (Å²) in [6, 6.07) is 2.49. The molecule has 0 atom stereocenters. The lowest BCUT2D eigenvalue weighted by Gasteiger charge is -2.46. The summed E-state index contributed by atoms with van der Waals surface area (Å²) >= 11 is 1.58. The van der Waals surface area contributed by atoms with Crippen LogP contribution in [0.15, 0.2) is 16.8 Å². The predicted octanol–water partition coefficient (Wildman–Crippen LogP) is 0.478. The minimum Gasteiger partial charge on any atom is -0.335 e. The Morgan fingerprint density at radius 3 is 2.76 bits per heavy atom. The fourth-order valence-electron chi connectivity index (χ4n) is 2.47. The molecular weight excluding hydrogens is 234 g/mol. The van der Waals surface area contributed by atoms with Crippen LogP contribution in [0.2, 0.25) is 0 Å². The van der Waals surface area contributed by atoms with E-state index in [1.54, 1.807) is 11.3 Å². The molecule has 2 aliphatic rings. The maximum absolute atomic E-state index is 12.0. The van der Waals surface area contributed by atoms with E-state index in [-0.39, 0.29) is 5.91 Å². The first-order valence-electron chi connectivity index (χ1n) is 6.11. The first-order valence-corrected chi connectivity index (χ1v) is 7.05. The quantitative estimate of drug-likeness (QED) is 0.830. The normalized spacial score (nSPS) is 22.5. The Labute approximate surface area is 105 Å². The molecule has 0 radical (unpaired) electrons. The van der Waals surface area contributed by atoms with Crippen molar-refractivity contribution in [1.29, 1.82) is 0 Å². The molecule has 0 aliphatic carbocycles. The van der Waals surface area contributed by atoms with Gasteiger partial charge in [0.05, 0.1) is 5.56 Å². The lowest BCUT2D eigenvalue weighted by molar-refractivity contribution is 0.0227. The van der Waals surface area contributed by atoms with E-state index in [1.807, 2.05) is 21.7 Å². The smallest absolute Gasteiger partial charge is 0.254 e. The van der Waals surface area contributed by atoms with E-state index in [9.17, 15) is 4.79 Å². The third kappa shape index (κ3) is 2.22. The summed E-state index contributed by atoms with van der Waals surface area (Å²) in [6.07, 6.45) is 0. The zero-order chi connectivity index (χ0) is 11.7. The molecular formula is C12H17N3OS. The average molecular weight is 251 g/mol. The zero-order valence-corrected chi connectivity index (χ0v) is 10.6. The Hall–Kier alpha value is -0.910. The van der Waals surface area contributed by atoms with Gasteiger partial charge in [-0.15, -0.1) is 0 Å². The molecule has 17 heavy (non-hydrogen) atoms. The standard InChI is InChI=1S/C12H17N3OS/c16-12(10-1-6-17-9-10)15-7-11(8-15)14-4-2-13-3-5-14/h1,6,9,11,13H,2-5,7-8H2. The molecule has 0 bridgehead atoms. The lowest BCUT2D eigenvalue weighted by Crippen LogP contribution is -2.63. The molecule has 1 N–H and O–H groups in total. The SMILES string of the molecule is O=C(c1ccsc1)N1CC(N2CCNCC2)C1. The summed E-state index contributed by atoms with van der Waals surface area (Å²) in [5.74, 6) is 0.192. The minimum atomic E-state index is 0.192. The van der Waals surface area contributed by atoms with Gasteiger partial charge in [0.2, 0.25) is 0 Å². The van der Waals surface area contributed by atoms with E-state index < -0.39 is 0 Å². The van der Waals surface area contributed by atoms with Crippen LogP contribution in [0.5, 0.6) is 0 Å². The average Bonchev–Trinajstić information content (AvgIpc) is 2.81. The zero-order valence-electron chi connectivity index (χ0n) is 9.76. The van der Waals surface area contributed by atoms with E-state index in [1.165, 1.54) is 0 Å². The molecule has 0 spiro atoms. The van der Waals surface area contributed by atoms with E-state index in [2.05, 4.69) is 10.2 Å². The Kier molecular flexibility index (Phi) is 3.13. The van der Waals surface area contributed by atoms with Gasteiger partial charge in [-0.1, -0.05) is 0 Å². The van der Waals surface area contributed by atoms with E-state index in [0.717, 1.165) is 44.8 Å². The summed E-state index contributed by atoms with van der Waals surface area (Å²) in [5.41, 5.74) is 0.841. The monoisotopic (exact) mass is 251 g/mol. The number of likely N-dealkylation sites (tertiary alicyclic amines) is 1. The summed E-state index contributed by atoms with van der Waals surface area (Å²) in [5, 5.41) is 7.24. The van der Waals surface area contributed by atoms with Crippen LogP contribution in [0, 0.1) is 0 Å². The number of piperazine rings is 1. The molecule has 2 fully saturated rings. The highest BCUT2D eigenvalue weighted by Gasteiger charge is 2.35. The Bertz CT molecular complexity index is 380. The van der Waals surface area contributed by atoms with Crippen molar-refractivity contribution in [2.45, 2.75) is 6.04 Å². The van der Waals surface area contributed by atoms with Crippen molar-refractivity contribution in [3.05, 3.63) is 22.4 Å². The molecule has 2 aliphatic heterocycles. The van der Waals surface area contributed by atoms with Gasteiger partial charge in [-0.05, 0) is 11.4 Å². The second-order valence-electron chi connectivity index (χ2n) is 4.66. The van der Waals surface area contributed by atoms with Gasteiger partial charge >= 0.3 is 0 Å². The van der Waals surface area contributed by atoms with Crippen LogP contribution in [0.1, 0.15) is 10.4 Å². The predicted molar refractivity (Wildman–Crippen MR) is 68.5 cm³/mol. The van der Waals surface area contributed by atoms with Crippen molar-refractivity contribution < 1.29 is 4.79 Å². The summed E-state index contributed by atoms with van der Waals surface area (Å²) in [6.45, 7) is 6.18. The summed E-state index contributed by atoms with van der Waals surface area (Å²) in [4.78, 5) is 16.5. The van der Waals surface area contributed by atoms with Crippen LogP contribution in [0.25, 0.3) is 0 Å². The van der Waals surface area contributed by atoms with E-state index >= 15 is 0 Å². The molecule has 0 aromatic carbocycles. The number of thiophene rings is 1. The number of rotatable bonds is 2. The second-order valence-corrected chi connectivity index (χ2v) is 5.44. The van der Waals surface area contributed by atoms with Crippen molar-refractivity contribution >= 4 is 17.2 Å². The summed E-state index contributed by atoms with van der Waals surface area (Å²) < 4.78 is 0. The number of carbonyl (C=O) groups is 1. The largest absolute Gasteiger partial charge is 0.335 e. The molecule has 2 saturated heterocycles. The van der Waals surface area contributed by atoms with Crippen molar-refractivity contribution in [3.8, 4) is 0 Å². The highest BCUT2D eigenvalue weighted by Crippen LogP contribution is 2.19. The van der Waals surface area contributed by atoms with Gasteiger partial charge in [0, 0.05) is 50.7 Å². The summed E-state index contributed by atoms with van der Waals surface area (Å²) in [7, 11) is 0. The Morgan fingerprint density at radius 2 is 2.12 bits per heavy atom. The molecule has 1 aromatic heterocycles. The van der Waals surface area contributed by atoms with Crippen LogP contribution >= 0.6 is 11.3 Å². The van der Waals surface area contributed by atoms with Crippen LogP contribution in [0.4, 0.5) is 0 Å². The van der Waals surface area contributed by atoms with Crippen LogP contribution in [-0.4, -0.2) is 61.0 Å². The maximum Gasteiger partial charge on any atom is 0.254 e. The lowest BCUT2D eigenvalue weighted by atomic mass is 10.1. The fraction of sp³-hybridized carbons (Fsp3) is 0.583. The molecule has 92 valence electrons. The molecule has 4 nitrogen and oxygen atoms in total. The van der Waals surface area contributed by atoms with Crippen molar-refractivity contribution in [3.63, 3.8) is 0 Å². The van der Waals surface area contributed by atoms with Crippen molar-refractivity contribution in [2.75, 3.05) is 39.3 Å². The second kappa shape index (κ2) is 4.76. The molecule has 3 rings (SSSR count). The molecule has 0 unspecified atom stereocenters. The van der Waals surface area contributed by atoms with Gasteiger partial charge in [-0.25, -0.2) is 0 Å². The van der Waals surface area contributed by atoms with Crippen LogP contribution in [-0.2, 0) is 0 Å². The maximum atomic E-state index is 12.0. The number of nitrogens with one attached hydrogen (secondary N) is 1. The Balaban J connectivity index is 1.52. The third-order valence-electron chi connectivity index (χ3n) is 3.59. The van der Waals surface area contributed by atoms with Gasteiger partial charge in [0.1, 0.15) is 0 Å². The number of hydrogen-bond acceptors (Lipinski definition) is 4. The van der Waals surface area contributed by atoms with Gasteiger partial charge < -0.3 is 10.2 Å². The number of nitrogens with zero attached hydrogens (tertiary/aromatic N) is 2. The molecule has 0 saturated carbocycles. The molecule has 1 aromatic rings. The van der Waals surface area contributed by atoms with Crippen molar-refractivity contribution in [2.24, 2.45) is 0 Å². The first-order chi connectivity index (χ1) is 8.34. The number of carbonyl (C=O) groups excluding carboxylic acids is 1. The molecule has 1 amide bonds. The molecule has 5 heteroatoms. The van der Waals surface area contributed by atoms with Gasteiger partial charge in [0.15, 0.2) is 0 Å². The van der Waals surface area contributed by atoms with E-state index in [0.29, 0.717) is 6.04 Å². The highest BCUT2D eigenvalue weighted by atomic mass is 32.1. The minimum absolute atomic E-state index is 0.192. The van der Waals surface area contributed by atoms with Gasteiger partial charge in [-0.2, -0.15) is 11.3 Å². The van der Waals surface area contributed by atoms with Crippen LogP contribution in [0.3, 0.4) is 0 Å². The van der Waals surface area contributed by atoms with Gasteiger partial charge in [-0.3, -0.25) is 9.69 Å². The number of hydrogen-bond donors (Lipinski definition) is 1. The number of amides is 1. The third-order valence-corrected chi connectivity index (χ3v) is 4.27. The van der Waals surface area contributed by atoms with Crippen LogP contribution < -0.4 is 5.32 Å². The van der Waals surface area contributed by atoms with E-state index in [4.69, 9.17) is 0 Å². The Morgan fingerprint density at radius 1 is 1.35 bits per heavy atom. The van der Waals surface area contributed by atoms with Crippen molar-refractivity contribution in [1.82, 2.24) is 15.1 Å². The topological polar surface area (TPSA) is 35.6 Å². The van der Waals surface area contributed by atoms with Gasteiger partial charge in [0.25, 0.3) is 5.91 Å².